The number of aliphatic hydroxyl groups excluding tert-OH is 1. The summed E-state index contributed by atoms with van der Waals surface area (Å²) in [6.45, 7) is 5.55. The van der Waals surface area contributed by atoms with Crippen molar-refractivity contribution in [2.45, 2.75) is 44.8 Å². The number of urea groups is 1. The highest BCUT2D eigenvalue weighted by atomic mass is 19.2. The Labute approximate surface area is 212 Å². The molecule has 2 heterocycles. The summed E-state index contributed by atoms with van der Waals surface area (Å²) in [6, 6.07) is 10.0. The van der Waals surface area contributed by atoms with Crippen molar-refractivity contribution in [3.63, 3.8) is 0 Å². The number of para-hydroxylation sites is 1. The Kier molecular flexibility index (Phi) is 6.07. The van der Waals surface area contributed by atoms with E-state index >= 15 is 0 Å². The van der Waals surface area contributed by atoms with Crippen molar-refractivity contribution in [1.82, 2.24) is 24.9 Å². The van der Waals surface area contributed by atoms with Crippen LogP contribution in [-0.4, -0.2) is 36.8 Å². The summed E-state index contributed by atoms with van der Waals surface area (Å²) >= 11 is 0. The SMILES string of the molecule is Cc1c(-c2cnn(C)c2)nn(-c2ccccc2)c1NC(=O)NC1c2cc(F)c(F)cc2C(C)(C)CC1O. The van der Waals surface area contributed by atoms with Crippen molar-refractivity contribution in [1.29, 1.82) is 0 Å². The Hall–Kier alpha value is -4.05. The maximum absolute atomic E-state index is 14.2. The Balaban J connectivity index is 1.50. The number of fused-ring (bicyclic) bond motifs is 1. The second kappa shape index (κ2) is 9.11. The van der Waals surface area contributed by atoms with Gasteiger partial charge in [0.2, 0.25) is 0 Å². The molecule has 192 valence electrons. The second-order valence-corrected chi connectivity index (χ2v) is 10.1. The smallest absolute Gasteiger partial charge is 0.320 e. The Morgan fingerprint density at radius 3 is 2.54 bits per heavy atom. The number of halogens is 2. The molecule has 0 bridgehead atoms. The Bertz CT molecular complexity index is 1480. The molecule has 2 amide bonds. The van der Waals surface area contributed by atoms with E-state index in [1.54, 1.807) is 15.6 Å². The molecule has 2 aromatic carbocycles. The lowest BCUT2D eigenvalue weighted by molar-refractivity contribution is 0.0878. The first kappa shape index (κ1) is 24.6. The van der Waals surface area contributed by atoms with Gasteiger partial charge in [-0.15, -0.1) is 0 Å². The normalized spacial score (nSPS) is 18.4. The summed E-state index contributed by atoms with van der Waals surface area (Å²) in [5.74, 6) is -1.56. The number of aromatic nitrogens is 4. The van der Waals surface area contributed by atoms with Gasteiger partial charge < -0.3 is 10.4 Å². The number of amides is 2. The number of hydrogen-bond acceptors (Lipinski definition) is 4. The fraction of sp³-hybridized carbons (Fsp3) is 0.296. The van der Waals surface area contributed by atoms with E-state index in [1.807, 2.05) is 64.3 Å². The molecule has 8 nitrogen and oxygen atoms in total. The third-order valence-electron chi connectivity index (χ3n) is 6.88. The lowest BCUT2D eigenvalue weighted by Gasteiger charge is -2.40. The number of rotatable bonds is 4. The van der Waals surface area contributed by atoms with Crippen molar-refractivity contribution in [2.24, 2.45) is 7.05 Å². The number of nitrogens with one attached hydrogen (secondary N) is 2. The molecule has 2 aromatic heterocycles. The van der Waals surface area contributed by atoms with Crippen molar-refractivity contribution >= 4 is 11.8 Å². The van der Waals surface area contributed by atoms with Gasteiger partial charge in [-0.25, -0.2) is 18.3 Å². The van der Waals surface area contributed by atoms with Crippen LogP contribution in [0.15, 0.2) is 54.9 Å². The Morgan fingerprint density at radius 2 is 1.86 bits per heavy atom. The maximum Gasteiger partial charge on any atom is 0.320 e. The molecule has 0 radical (unpaired) electrons. The zero-order valence-electron chi connectivity index (χ0n) is 21.0. The molecule has 2 unspecified atom stereocenters. The molecule has 0 fully saturated rings. The molecule has 2 atom stereocenters. The average Bonchev–Trinajstić information content (AvgIpc) is 3.41. The van der Waals surface area contributed by atoms with Crippen LogP contribution in [-0.2, 0) is 12.5 Å². The zero-order valence-corrected chi connectivity index (χ0v) is 21.0. The van der Waals surface area contributed by atoms with Crippen LogP contribution in [0.3, 0.4) is 0 Å². The number of aryl methyl sites for hydroxylation is 1. The molecule has 0 aliphatic heterocycles. The molecule has 5 rings (SSSR count). The topological polar surface area (TPSA) is 97.0 Å². The van der Waals surface area contributed by atoms with Crippen LogP contribution in [0.2, 0.25) is 0 Å². The maximum atomic E-state index is 14.2. The van der Waals surface area contributed by atoms with Crippen LogP contribution in [0.5, 0.6) is 0 Å². The summed E-state index contributed by atoms with van der Waals surface area (Å²) in [4.78, 5) is 13.3. The molecule has 1 aliphatic rings. The van der Waals surface area contributed by atoms with E-state index < -0.39 is 35.2 Å². The molecule has 3 N–H and O–H groups in total. The summed E-state index contributed by atoms with van der Waals surface area (Å²) in [5.41, 5.74) is 3.18. The number of nitrogens with zero attached hydrogens (tertiary/aromatic N) is 4. The summed E-state index contributed by atoms with van der Waals surface area (Å²) in [7, 11) is 1.81. The third-order valence-corrected chi connectivity index (χ3v) is 6.88. The minimum atomic E-state index is -1.03. The van der Waals surface area contributed by atoms with Crippen LogP contribution in [0, 0.1) is 18.6 Å². The summed E-state index contributed by atoms with van der Waals surface area (Å²) < 4.78 is 31.6. The van der Waals surface area contributed by atoms with Gasteiger partial charge in [0.1, 0.15) is 11.5 Å². The highest BCUT2D eigenvalue weighted by molar-refractivity contribution is 5.91. The van der Waals surface area contributed by atoms with E-state index in [-0.39, 0.29) is 6.42 Å². The minimum Gasteiger partial charge on any atom is -0.391 e. The summed E-state index contributed by atoms with van der Waals surface area (Å²) in [6.07, 6.45) is 2.80. The van der Waals surface area contributed by atoms with Gasteiger partial charge in [0.05, 0.1) is 24.0 Å². The number of benzene rings is 2. The molecule has 0 saturated carbocycles. The lowest BCUT2D eigenvalue weighted by atomic mass is 9.69. The number of anilines is 1. The van der Waals surface area contributed by atoms with E-state index in [4.69, 9.17) is 5.10 Å². The number of carbonyl (C=O) groups excluding carboxylic acids is 1. The van der Waals surface area contributed by atoms with Crippen molar-refractivity contribution in [3.05, 3.63) is 83.2 Å². The molecule has 0 spiro atoms. The van der Waals surface area contributed by atoms with Gasteiger partial charge in [0, 0.05) is 24.4 Å². The molecule has 10 heteroatoms. The monoisotopic (exact) mass is 506 g/mol. The first-order chi connectivity index (χ1) is 17.5. The van der Waals surface area contributed by atoms with E-state index in [2.05, 4.69) is 15.7 Å². The molecular formula is C27H28F2N6O2. The zero-order chi connectivity index (χ0) is 26.5. The van der Waals surface area contributed by atoms with Crippen LogP contribution in [0.25, 0.3) is 16.9 Å². The van der Waals surface area contributed by atoms with E-state index in [0.717, 1.165) is 23.4 Å². The largest absolute Gasteiger partial charge is 0.391 e. The average molecular weight is 507 g/mol. The quantitative estimate of drug-likeness (QED) is 0.372. The van der Waals surface area contributed by atoms with Crippen molar-refractivity contribution < 1.29 is 18.7 Å². The van der Waals surface area contributed by atoms with E-state index in [9.17, 15) is 18.7 Å². The highest BCUT2D eigenvalue weighted by Gasteiger charge is 2.40. The first-order valence-corrected chi connectivity index (χ1v) is 11.9. The first-order valence-electron chi connectivity index (χ1n) is 11.9. The fourth-order valence-electron chi connectivity index (χ4n) is 5.04. The molecule has 1 aliphatic carbocycles. The highest BCUT2D eigenvalue weighted by Crippen LogP contribution is 2.42. The second-order valence-electron chi connectivity index (χ2n) is 10.1. The standard InChI is InChI=1S/C27H28F2N6O2/c1-15-23(16-13-30-34(4)14-16)33-35(17-8-6-5-7-9-17)25(15)32-26(37)31-24-18-10-20(28)21(29)11-19(18)27(2,3)12-22(24)36/h5-11,13-14,22,24,36H,12H2,1-4H3,(H2,31,32,37). The summed E-state index contributed by atoms with van der Waals surface area (Å²) in [5, 5.41) is 25.5. The van der Waals surface area contributed by atoms with Gasteiger partial charge in [-0.1, -0.05) is 32.0 Å². The van der Waals surface area contributed by atoms with Crippen LogP contribution in [0.4, 0.5) is 19.4 Å². The molecule has 37 heavy (non-hydrogen) atoms. The van der Waals surface area contributed by atoms with Gasteiger partial charge >= 0.3 is 6.03 Å². The van der Waals surface area contributed by atoms with E-state index in [0.29, 0.717) is 28.2 Å². The Morgan fingerprint density at radius 1 is 1.16 bits per heavy atom. The van der Waals surface area contributed by atoms with Gasteiger partial charge in [-0.2, -0.15) is 10.2 Å². The van der Waals surface area contributed by atoms with Crippen LogP contribution in [0.1, 0.15) is 43.0 Å². The van der Waals surface area contributed by atoms with Crippen molar-refractivity contribution in [3.8, 4) is 16.9 Å². The lowest BCUT2D eigenvalue weighted by Crippen LogP contribution is -2.45. The predicted molar refractivity (Wildman–Crippen MR) is 135 cm³/mol. The number of aliphatic hydroxyl groups is 1. The van der Waals surface area contributed by atoms with Gasteiger partial charge in [-0.05, 0) is 54.2 Å². The molecular weight excluding hydrogens is 478 g/mol. The van der Waals surface area contributed by atoms with E-state index in [1.165, 1.54) is 0 Å². The van der Waals surface area contributed by atoms with Crippen LogP contribution < -0.4 is 10.6 Å². The third kappa shape index (κ3) is 4.48. The van der Waals surface area contributed by atoms with Gasteiger partial charge in [-0.3, -0.25) is 10.00 Å². The molecule has 4 aromatic rings. The van der Waals surface area contributed by atoms with Crippen LogP contribution >= 0.6 is 0 Å². The van der Waals surface area contributed by atoms with Crippen molar-refractivity contribution in [2.75, 3.05) is 5.32 Å². The number of carbonyl (C=O) groups is 1. The number of hydrogen-bond donors (Lipinski definition) is 3. The fourth-order valence-corrected chi connectivity index (χ4v) is 5.04. The molecule has 0 saturated heterocycles. The predicted octanol–water partition coefficient (Wildman–Crippen LogP) is 4.76. The van der Waals surface area contributed by atoms with Gasteiger partial charge in [0.25, 0.3) is 0 Å². The van der Waals surface area contributed by atoms with Gasteiger partial charge in [0.15, 0.2) is 11.6 Å². The minimum absolute atomic E-state index is 0.266.